The molecule has 0 aromatic heterocycles. The standard InChI is InChI=1S/C16H13F3N2O4/c1-9(10-3-2-4-11(7-10)16(17,18)19)20-14-6-5-12(21(24)25)8-13(14)15(22)23/h2-9,20H,1H3,(H,22,23). The number of nitrogens with zero attached hydrogens (tertiary/aromatic N) is 1. The van der Waals surface area contributed by atoms with Gasteiger partial charge in [0, 0.05) is 23.9 Å². The van der Waals surface area contributed by atoms with Gasteiger partial charge in [0.05, 0.1) is 16.1 Å². The van der Waals surface area contributed by atoms with Gasteiger partial charge >= 0.3 is 12.1 Å². The Kier molecular flexibility index (Phi) is 4.96. The van der Waals surface area contributed by atoms with E-state index >= 15 is 0 Å². The first-order chi connectivity index (χ1) is 11.6. The second kappa shape index (κ2) is 6.80. The number of nitro groups is 1. The molecule has 0 amide bonds. The third-order valence-electron chi connectivity index (χ3n) is 3.53. The van der Waals surface area contributed by atoms with Crippen molar-refractivity contribution in [2.75, 3.05) is 5.32 Å². The van der Waals surface area contributed by atoms with Crippen molar-refractivity contribution in [1.82, 2.24) is 0 Å². The van der Waals surface area contributed by atoms with E-state index < -0.39 is 34.4 Å². The van der Waals surface area contributed by atoms with Crippen LogP contribution < -0.4 is 5.32 Å². The molecule has 132 valence electrons. The zero-order valence-electron chi connectivity index (χ0n) is 12.9. The monoisotopic (exact) mass is 354 g/mol. The maximum absolute atomic E-state index is 12.8. The number of non-ortho nitro benzene ring substituents is 1. The summed E-state index contributed by atoms with van der Waals surface area (Å²) in [6.07, 6.45) is -4.49. The third-order valence-corrected chi connectivity index (χ3v) is 3.53. The summed E-state index contributed by atoms with van der Waals surface area (Å²) in [6, 6.07) is 7.20. The van der Waals surface area contributed by atoms with Gasteiger partial charge in [0.15, 0.2) is 0 Å². The topological polar surface area (TPSA) is 92.5 Å². The van der Waals surface area contributed by atoms with Crippen LogP contribution in [0.4, 0.5) is 24.5 Å². The third kappa shape index (κ3) is 4.25. The van der Waals surface area contributed by atoms with Crippen LogP contribution in [0.15, 0.2) is 42.5 Å². The molecule has 1 unspecified atom stereocenters. The Bertz CT molecular complexity index is 821. The maximum Gasteiger partial charge on any atom is 0.416 e. The van der Waals surface area contributed by atoms with Gasteiger partial charge in [-0.3, -0.25) is 10.1 Å². The van der Waals surface area contributed by atoms with Gasteiger partial charge in [-0.15, -0.1) is 0 Å². The molecule has 1 atom stereocenters. The van der Waals surface area contributed by atoms with E-state index in [1.165, 1.54) is 18.2 Å². The first-order valence-corrected chi connectivity index (χ1v) is 7.05. The van der Waals surface area contributed by atoms with Crippen molar-refractivity contribution in [3.8, 4) is 0 Å². The largest absolute Gasteiger partial charge is 0.478 e. The van der Waals surface area contributed by atoms with Crippen molar-refractivity contribution in [1.29, 1.82) is 0 Å². The van der Waals surface area contributed by atoms with Crippen LogP contribution in [-0.2, 0) is 6.18 Å². The fraction of sp³-hybridized carbons (Fsp3) is 0.188. The summed E-state index contributed by atoms with van der Waals surface area (Å²) in [6.45, 7) is 1.56. The van der Waals surface area contributed by atoms with E-state index in [9.17, 15) is 33.2 Å². The van der Waals surface area contributed by atoms with Gasteiger partial charge in [-0.1, -0.05) is 12.1 Å². The van der Waals surface area contributed by atoms with E-state index in [1.807, 2.05) is 0 Å². The second-order valence-electron chi connectivity index (χ2n) is 5.28. The molecule has 0 heterocycles. The zero-order chi connectivity index (χ0) is 18.8. The van der Waals surface area contributed by atoms with Gasteiger partial charge in [0.1, 0.15) is 0 Å². The number of anilines is 1. The smallest absolute Gasteiger partial charge is 0.416 e. The Morgan fingerprint density at radius 1 is 1.24 bits per heavy atom. The lowest BCUT2D eigenvalue weighted by Gasteiger charge is -2.18. The molecular formula is C16H13F3N2O4. The van der Waals surface area contributed by atoms with Crippen LogP contribution in [-0.4, -0.2) is 16.0 Å². The lowest BCUT2D eigenvalue weighted by atomic mass is 10.0. The molecule has 0 fully saturated rings. The molecule has 25 heavy (non-hydrogen) atoms. The predicted octanol–water partition coefficient (Wildman–Crippen LogP) is 4.48. The van der Waals surface area contributed by atoms with E-state index in [4.69, 9.17) is 0 Å². The highest BCUT2D eigenvalue weighted by atomic mass is 19.4. The number of nitro benzene ring substituents is 1. The minimum absolute atomic E-state index is 0.0722. The Morgan fingerprint density at radius 3 is 2.48 bits per heavy atom. The van der Waals surface area contributed by atoms with Gasteiger partial charge < -0.3 is 10.4 Å². The number of nitrogens with one attached hydrogen (secondary N) is 1. The number of hydrogen-bond acceptors (Lipinski definition) is 4. The highest BCUT2D eigenvalue weighted by Crippen LogP contribution is 2.32. The lowest BCUT2D eigenvalue weighted by molar-refractivity contribution is -0.384. The number of benzene rings is 2. The Labute approximate surface area is 140 Å². The molecule has 2 aromatic carbocycles. The van der Waals surface area contributed by atoms with Crippen LogP contribution in [0.3, 0.4) is 0 Å². The SMILES string of the molecule is CC(Nc1ccc([N+](=O)[O-])cc1C(=O)O)c1cccc(C(F)(F)F)c1. The van der Waals surface area contributed by atoms with Gasteiger partial charge in [-0.25, -0.2) is 4.79 Å². The van der Waals surface area contributed by atoms with E-state index in [-0.39, 0.29) is 11.3 Å². The van der Waals surface area contributed by atoms with Crippen LogP contribution in [0.25, 0.3) is 0 Å². The summed E-state index contributed by atoms with van der Waals surface area (Å²) < 4.78 is 38.4. The lowest BCUT2D eigenvalue weighted by Crippen LogP contribution is -2.12. The molecule has 0 saturated heterocycles. The number of halogens is 3. The van der Waals surface area contributed by atoms with Crippen molar-refractivity contribution in [2.24, 2.45) is 0 Å². The molecule has 2 aromatic rings. The minimum Gasteiger partial charge on any atom is -0.478 e. The quantitative estimate of drug-likeness (QED) is 0.610. The van der Waals surface area contributed by atoms with Crippen molar-refractivity contribution in [3.63, 3.8) is 0 Å². The van der Waals surface area contributed by atoms with Crippen LogP contribution in [0.1, 0.15) is 34.5 Å². The average Bonchev–Trinajstić information content (AvgIpc) is 2.54. The molecule has 0 saturated carbocycles. The zero-order valence-corrected chi connectivity index (χ0v) is 12.9. The van der Waals surface area contributed by atoms with Gasteiger partial charge in [0.25, 0.3) is 5.69 Å². The molecule has 0 radical (unpaired) electrons. The van der Waals surface area contributed by atoms with Gasteiger partial charge in [0.2, 0.25) is 0 Å². The molecule has 0 aliphatic carbocycles. The Hall–Kier alpha value is -3.10. The number of aromatic carboxylic acids is 1. The van der Waals surface area contributed by atoms with Crippen molar-refractivity contribution in [3.05, 3.63) is 69.3 Å². The summed E-state index contributed by atoms with van der Waals surface area (Å²) in [5, 5.41) is 22.7. The highest BCUT2D eigenvalue weighted by Gasteiger charge is 2.30. The van der Waals surface area contributed by atoms with E-state index in [0.29, 0.717) is 5.56 Å². The molecule has 0 spiro atoms. The summed E-state index contributed by atoms with van der Waals surface area (Å²) in [5.74, 6) is -1.39. The summed E-state index contributed by atoms with van der Waals surface area (Å²) in [5.41, 5.74) is -1.18. The average molecular weight is 354 g/mol. The van der Waals surface area contributed by atoms with Crippen molar-refractivity contribution >= 4 is 17.3 Å². The fourth-order valence-corrected chi connectivity index (χ4v) is 2.25. The van der Waals surface area contributed by atoms with Crippen LogP contribution >= 0.6 is 0 Å². The number of carboxylic acids is 1. The highest BCUT2D eigenvalue weighted by molar-refractivity contribution is 5.95. The second-order valence-corrected chi connectivity index (χ2v) is 5.28. The fourth-order valence-electron chi connectivity index (χ4n) is 2.25. The minimum atomic E-state index is -4.49. The molecule has 2 N–H and O–H groups in total. The molecule has 0 aliphatic rings. The predicted molar refractivity (Wildman–Crippen MR) is 83.5 cm³/mol. The van der Waals surface area contributed by atoms with Crippen molar-refractivity contribution < 1.29 is 28.0 Å². The van der Waals surface area contributed by atoms with Crippen LogP contribution in [0, 0.1) is 10.1 Å². The molecule has 6 nitrogen and oxygen atoms in total. The van der Waals surface area contributed by atoms with Crippen molar-refractivity contribution in [2.45, 2.75) is 19.1 Å². The summed E-state index contributed by atoms with van der Waals surface area (Å²) in [4.78, 5) is 21.3. The molecule has 2 rings (SSSR count). The number of carbonyl (C=O) groups is 1. The number of rotatable bonds is 5. The van der Waals surface area contributed by atoms with Gasteiger partial charge in [-0.05, 0) is 30.7 Å². The molecule has 9 heteroatoms. The van der Waals surface area contributed by atoms with E-state index in [0.717, 1.165) is 24.3 Å². The van der Waals surface area contributed by atoms with Crippen LogP contribution in [0.2, 0.25) is 0 Å². The molecular weight excluding hydrogens is 341 g/mol. The Balaban J connectivity index is 2.33. The number of hydrogen-bond donors (Lipinski definition) is 2. The normalized spacial score (nSPS) is 12.5. The van der Waals surface area contributed by atoms with Crippen LogP contribution in [0.5, 0.6) is 0 Å². The first-order valence-electron chi connectivity index (χ1n) is 7.05. The summed E-state index contributed by atoms with van der Waals surface area (Å²) >= 11 is 0. The summed E-state index contributed by atoms with van der Waals surface area (Å²) in [7, 11) is 0. The Morgan fingerprint density at radius 2 is 1.92 bits per heavy atom. The molecule has 0 aliphatic heterocycles. The van der Waals surface area contributed by atoms with E-state index in [1.54, 1.807) is 6.92 Å². The number of alkyl halides is 3. The molecule has 0 bridgehead atoms. The number of carboxylic acid groups (broad SMARTS) is 1. The first kappa shape index (κ1) is 18.2. The van der Waals surface area contributed by atoms with E-state index in [2.05, 4.69) is 5.32 Å². The van der Waals surface area contributed by atoms with Gasteiger partial charge in [-0.2, -0.15) is 13.2 Å². The maximum atomic E-state index is 12.8.